The highest BCUT2D eigenvalue weighted by Gasteiger charge is 2.32. The third-order valence-electron chi connectivity index (χ3n) is 4.40. The van der Waals surface area contributed by atoms with Crippen molar-refractivity contribution in [3.8, 4) is 0 Å². The van der Waals surface area contributed by atoms with E-state index in [9.17, 15) is 4.79 Å². The van der Waals surface area contributed by atoms with Gasteiger partial charge in [0, 0.05) is 19.1 Å². The Morgan fingerprint density at radius 1 is 1.25 bits per heavy atom. The molecule has 20 heavy (non-hydrogen) atoms. The third-order valence-corrected chi connectivity index (χ3v) is 4.40. The number of hydrogen-bond acceptors (Lipinski definition) is 3. The second-order valence-electron chi connectivity index (χ2n) is 6.46. The molecule has 0 radical (unpaired) electrons. The highest BCUT2D eigenvalue weighted by Crippen LogP contribution is 2.37. The molecule has 1 aliphatic carbocycles. The van der Waals surface area contributed by atoms with Crippen molar-refractivity contribution in [1.29, 1.82) is 0 Å². The first-order valence-corrected chi connectivity index (χ1v) is 8.36. The van der Waals surface area contributed by atoms with Gasteiger partial charge >= 0.3 is 6.09 Å². The Bertz CT molecular complexity index is 305. The Kier molecular flexibility index (Phi) is 6.14. The van der Waals surface area contributed by atoms with E-state index < -0.39 is 0 Å². The van der Waals surface area contributed by atoms with E-state index in [0.717, 1.165) is 24.8 Å². The predicted molar refractivity (Wildman–Crippen MR) is 80.7 cm³/mol. The van der Waals surface area contributed by atoms with E-state index in [-0.39, 0.29) is 12.1 Å². The summed E-state index contributed by atoms with van der Waals surface area (Å²) in [7, 11) is 0. The van der Waals surface area contributed by atoms with E-state index in [1.807, 2.05) is 6.92 Å². The molecule has 1 aliphatic heterocycles. The molecule has 4 heteroatoms. The minimum atomic E-state index is -0.250. The highest BCUT2D eigenvalue weighted by atomic mass is 16.5. The van der Waals surface area contributed by atoms with E-state index in [4.69, 9.17) is 4.74 Å². The van der Waals surface area contributed by atoms with Gasteiger partial charge < -0.3 is 15.0 Å². The minimum absolute atomic E-state index is 0.250. The maximum atomic E-state index is 11.6. The first-order chi connectivity index (χ1) is 9.71. The summed E-state index contributed by atoms with van der Waals surface area (Å²) in [4.78, 5) is 14.2. The lowest BCUT2D eigenvalue weighted by Crippen LogP contribution is -2.51. The largest absolute Gasteiger partial charge is 0.450 e. The summed E-state index contributed by atoms with van der Waals surface area (Å²) >= 11 is 0. The number of carbonyl (C=O) groups excluding carboxylic acids is 1. The molecule has 2 unspecified atom stereocenters. The predicted octanol–water partition coefficient (Wildman–Crippen LogP) is 3.02. The van der Waals surface area contributed by atoms with Crippen LogP contribution in [-0.4, -0.2) is 43.3 Å². The van der Waals surface area contributed by atoms with Crippen LogP contribution < -0.4 is 5.32 Å². The van der Waals surface area contributed by atoms with Crippen LogP contribution in [-0.2, 0) is 4.74 Å². The maximum absolute atomic E-state index is 11.6. The van der Waals surface area contributed by atoms with Crippen molar-refractivity contribution in [2.75, 3.05) is 26.2 Å². The lowest BCUT2D eigenvalue weighted by molar-refractivity contribution is 0.112. The summed E-state index contributed by atoms with van der Waals surface area (Å²) in [5, 5.41) is 3.05. The zero-order valence-electron chi connectivity index (χ0n) is 13.1. The lowest BCUT2D eigenvalue weighted by atomic mass is 9.89. The number of hydrogen-bond donors (Lipinski definition) is 1. The van der Waals surface area contributed by atoms with Gasteiger partial charge in [-0.1, -0.05) is 26.2 Å². The maximum Gasteiger partial charge on any atom is 0.407 e. The van der Waals surface area contributed by atoms with Gasteiger partial charge in [-0.3, -0.25) is 0 Å². The quantitative estimate of drug-likeness (QED) is 0.780. The molecule has 2 rings (SSSR count). The van der Waals surface area contributed by atoms with E-state index in [1.165, 1.54) is 45.2 Å². The number of unbranched alkanes of at least 4 members (excludes halogenated alkanes) is 1. The van der Waals surface area contributed by atoms with Crippen molar-refractivity contribution >= 4 is 6.09 Å². The summed E-state index contributed by atoms with van der Waals surface area (Å²) in [6.07, 6.45) is 7.55. The fourth-order valence-corrected chi connectivity index (χ4v) is 3.31. The molecule has 1 saturated carbocycles. The van der Waals surface area contributed by atoms with E-state index >= 15 is 0 Å². The van der Waals surface area contributed by atoms with Crippen LogP contribution in [0.25, 0.3) is 0 Å². The van der Waals surface area contributed by atoms with Gasteiger partial charge in [-0.2, -0.15) is 0 Å². The second kappa shape index (κ2) is 7.87. The summed E-state index contributed by atoms with van der Waals surface area (Å²) in [5.41, 5.74) is 0. The van der Waals surface area contributed by atoms with Gasteiger partial charge in [0.25, 0.3) is 0 Å². The number of carbonyl (C=O) groups is 1. The number of alkyl carbamates (subject to hydrolysis) is 1. The van der Waals surface area contributed by atoms with Crippen molar-refractivity contribution in [2.24, 2.45) is 11.8 Å². The first kappa shape index (κ1) is 15.6. The molecule has 2 fully saturated rings. The average molecular weight is 282 g/mol. The molecular formula is C16H30N2O2. The fraction of sp³-hybridized carbons (Fsp3) is 0.938. The SMILES string of the molecule is CCCCN1CC(CC2CC2)CC(NC(=O)OCC)C1. The van der Waals surface area contributed by atoms with Crippen LogP contribution in [0.5, 0.6) is 0 Å². The standard InChI is InChI=1S/C16H30N2O2/c1-3-5-8-18-11-14(9-13-6-7-13)10-15(12-18)17-16(19)20-4-2/h13-15H,3-12H2,1-2H3,(H,17,19). The zero-order chi connectivity index (χ0) is 14.4. The van der Waals surface area contributed by atoms with Crippen molar-refractivity contribution < 1.29 is 9.53 Å². The number of likely N-dealkylation sites (tertiary alicyclic amines) is 1. The van der Waals surface area contributed by atoms with Gasteiger partial charge in [0.2, 0.25) is 0 Å². The Labute approximate surface area is 123 Å². The molecule has 1 heterocycles. The van der Waals surface area contributed by atoms with Crippen LogP contribution >= 0.6 is 0 Å². The van der Waals surface area contributed by atoms with Crippen molar-refractivity contribution in [2.45, 2.75) is 58.4 Å². The van der Waals surface area contributed by atoms with Gasteiger partial charge in [-0.15, -0.1) is 0 Å². The molecule has 0 aromatic rings. The van der Waals surface area contributed by atoms with Crippen LogP contribution in [0.3, 0.4) is 0 Å². The van der Waals surface area contributed by atoms with E-state index in [1.54, 1.807) is 0 Å². The molecule has 1 N–H and O–H groups in total. The van der Waals surface area contributed by atoms with Gasteiger partial charge in [-0.05, 0) is 44.6 Å². The minimum Gasteiger partial charge on any atom is -0.450 e. The number of ether oxygens (including phenoxy) is 1. The molecule has 0 aromatic heterocycles. The molecule has 1 saturated heterocycles. The van der Waals surface area contributed by atoms with Gasteiger partial charge in [0.1, 0.15) is 0 Å². The molecule has 1 amide bonds. The molecule has 0 bridgehead atoms. The Morgan fingerprint density at radius 2 is 2.05 bits per heavy atom. The van der Waals surface area contributed by atoms with Crippen molar-refractivity contribution in [3.63, 3.8) is 0 Å². The molecule has 116 valence electrons. The third kappa shape index (κ3) is 5.31. The molecule has 4 nitrogen and oxygen atoms in total. The summed E-state index contributed by atoms with van der Waals surface area (Å²) in [5.74, 6) is 1.72. The smallest absolute Gasteiger partial charge is 0.407 e. The monoisotopic (exact) mass is 282 g/mol. The second-order valence-corrected chi connectivity index (χ2v) is 6.46. The highest BCUT2D eigenvalue weighted by molar-refractivity contribution is 5.67. The van der Waals surface area contributed by atoms with Crippen LogP contribution in [0.2, 0.25) is 0 Å². The zero-order valence-corrected chi connectivity index (χ0v) is 13.1. The van der Waals surface area contributed by atoms with Crippen molar-refractivity contribution in [1.82, 2.24) is 10.2 Å². The van der Waals surface area contributed by atoms with Crippen LogP contribution in [0, 0.1) is 11.8 Å². The van der Waals surface area contributed by atoms with Crippen LogP contribution in [0.4, 0.5) is 4.79 Å². The number of amides is 1. The lowest BCUT2D eigenvalue weighted by Gasteiger charge is -2.38. The van der Waals surface area contributed by atoms with Crippen LogP contribution in [0.1, 0.15) is 52.4 Å². The van der Waals surface area contributed by atoms with Gasteiger partial charge in [0.15, 0.2) is 0 Å². The Balaban J connectivity index is 1.83. The molecule has 0 spiro atoms. The summed E-state index contributed by atoms with van der Waals surface area (Å²) < 4.78 is 5.02. The number of piperidine rings is 1. The van der Waals surface area contributed by atoms with E-state index in [0.29, 0.717) is 6.61 Å². The Morgan fingerprint density at radius 3 is 2.70 bits per heavy atom. The van der Waals surface area contributed by atoms with E-state index in [2.05, 4.69) is 17.1 Å². The number of nitrogens with zero attached hydrogens (tertiary/aromatic N) is 1. The number of rotatable bonds is 7. The fourth-order valence-electron chi connectivity index (χ4n) is 3.31. The molecule has 0 aromatic carbocycles. The molecule has 2 aliphatic rings. The topological polar surface area (TPSA) is 41.6 Å². The van der Waals surface area contributed by atoms with Crippen LogP contribution in [0.15, 0.2) is 0 Å². The summed E-state index contributed by atoms with van der Waals surface area (Å²) in [6, 6.07) is 0.267. The molecular weight excluding hydrogens is 252 g/mol. The van der Waals surface area contributed by atoms with Gasteiger partial charge in [0.05, 0.1) is 6.61 Å². The summed E-state index contributed by atoms with van der Waals surface area (Å²) in [6.45, 7) is 7.91. The molecule has 2 atom stereocenters. The van der Waals surface area contributed by atoms with Crippen molar-refractivity contribution in [3.05, 3.63) is 0 Å². The Hall–Kier alpha value is -0.770. The first-order valence-electron chi connectivity index (χ1n) is 8.36. The number of nitrogens with one attached hydrogen (secondary N) is 1. The normalized spacial score (nSPS) is 27.3. The average Bonchev–Trinajstić information content (AvgIpc) is 3.20. The van der Waals surface area contributed by atoms with Gasteiger partial charge in [-0.25, -0.2) is 4.79 Å².